The van der Waals surface area contributed by atoms with E-state index in [2.05, 4.69) is 32.2 Å². The predicted octanol–water partition coefficient (Wildman–Crippen LogP) is 4.48. The molecule has 0 saturated heterocycles. The summed E-state index contributed by atoms with van der Waals surface area (Å²) in [6.07, 6.45) is 2.64. The molecule has 0 heterocycles. The maximum atomic E-state index is 6.32. The Hall–Kier alpha value is -0.180. The van der Waals surface area contributed by atoms with Crippen molar-refractivity contribution < 1.29 is 0 Å². The highest BCUT2D eigenvalue weighted by molar-refractivity contribution is 8.00. The molecule has 1 aliphatic rings. The number of thioether (sulfide) groups is 1. The molecule has 1 saturated carbocycles. The molecule has 1 aliphatic carbocycles. The Morgan fingerprint density at radius 3 is 2.65 bits per heavy atom. The van der Waals surface area contributed by atoms with Crippen molar-refractivity contribution in [3.63, 3.8) is 0 Å². The molecule has 0 unspecified atom stereocenters. The van der Waals surface area contributed by atoms with Gasteiger partial charge in [0.1, 0.15) is 0 Å². The van der Waals surface area contributed by atoms with Gasteiger partial charge in [0.15, 0.2) is 0 Å². The van der Waals surface area contributed by atoms with Crippen LogP contribution < -0.4 is 5.32 Å². The van der Waals surface area contributed by atoms with E-state index in [4.69, 9.17) is 11.6 Å². The molecule has 17 heavy (non-hydrogen) atoms. The first kappa shape index (κ1) is 13.3. The number of benzene rings is 1. The summed E-state index contributed by atoms with van der Waals surface area (Å²) in [6.45, 7) is 7.60. The largest absolute Gasteiger partial charge is 0.310 e. The fraction of sp³-hybridized carbons (Fsp3) is 0.571. The molecular formula is C14H20ClNS. The van der Waals surface area contributed by atoms with Gasteiger partial charge in [-0.15, -0.1) is 11.8 Å². The first-order chi connectivity index (χ1) is 7.96. The molecule has 0 aromatic heterocycles. The van der Waals surface area contributed by atoms with Crippen LogP contribution >= 0.6 is 23.4 Å². The topological polar surface area (TPSA) is 12.0 Å². The van der Waals surface area contributed by atoms with Gasteiger partial charge in [-0.05, 0) is 24.5 Å². The minimum Gasteiger partial charge on any atom is -0.310 e. The van der Waals surface area contributed by atoms with Crippen LogP contribution in [0.2, 0.25) is 5.02 Å². The molecular weight excluding hydrogens is 250 g/mol. The molecule has 0 radical (unpaired) electrons. The average molecular weight is 270 g/mol. The van der Waals surface area contributed by atoms with Crippen LogP contribution in [0.1, 0.15) is 39.2 Å². The molecule has 0 aliphatic heterocycles. The number of hydrogen-bond acceptors (Lipinski definition) is 2. The second-order valence-corrected chi connectivity index (χ2v) is 7.84. The Kier molecular flexibility index (Phi) is 4.06. The van der Waals surface area contributed by atoms with E-state index in [1.54, 1.807) is 0 Å². The Balaban J connectivity index is 2.14. The van der Waals surface area contributed by atoms with Crippen molar-refractivity contribution in [2.24, 2.45) is 0 Å². The van der Waals surface area contributed by atoms with E-state index in [1.165, 1.54) is 23.3 Å². The lowest BCUT2D eigenvalue weighted by Gasteiger charge is -2.21. The van der Waals surface area contributed by atoms with E-state index in [0.717, 1.165) is 17.6 Å². The minimum atomic E-state index is 0.194. The van der Waals surface area contributed by atoms with E-state index < -0.39 is 0 Å². The standard InChI is InChI=1S/C14H20ClNS/c1-14(2,3)17-13-10(5-4-6-12(13)15)9-16-11-7-8-11/h4-6,11,16H,7-9H2,1-3H3. The van der Waals surface area contributed by atoms with Gasteiger partial charge in [0.2, 0.25) is 0 Å². The van der Waals surface area contributed by atoms with E-state index in [-0.39, 0.29) is 4.75 Å². The zero-order chi connectivity index (χ0) is 12.5. The van der Waals surface area contributed by atoms with Gasteiger partial charge in [0.05, 0.1) is 5.02 Å². The monoisotopic (exact) mass is 269 g/mol. The molecule has 1 aromatic rings. The summed E-state index contributed by atoms with van der Waals surface area (Å²) in [7, 11) is 0. The third-order valence-electron chi connectivity index (χ3n) is 2.62. The van der Waals surface area contributed by atoms with Crippen molar-refractivity contribution in [1.29, 1.82) is 0 Å². The Morgan fingerprint density at radius 1 is 1.35 bits per heavy atom. The molecule has 1 aromatic carbocycles. The lowest BCUT2D eigenvalue weighted by atomic mass is 10.2. The van der Waals surface area contributed by atoms with Gasteiger partial charge < -0.3 is 5.32 Å². The minimum absolute atomic E-state index is 0.194. The zero-order valence-electron chi connectivity index (χ0n) is 10.7. The fourth-order valence-corrected chi connectivity index (χ4v) is 3.01. The van der Waals surface area contributed by atoms with E-state index in [9.17, 15) is 0 Å². The molecule has 1 fully saturated rings. The Labute approximate surface area is 113 Å². The van der Waals surface area contributed by atoms with Crippen molar-refractivity contribution in [2.75, 3.05) is 0 Å². The normalized spacial score (nSPS) is 16.2. The smallest absolute Gasteiger partial charge is 0.0545 e. The molecule has 2 rings (SSSR count). The van der Waals surface area contributed by atoms with Crippen LogP contribution in [0.15, 0.2) is 23.1 Å². The van der Waals surface area contributed by atoms with Crippen molar-refractivity contribution in [3.8, 4) is 0 Å². The van der Waals surface area contributed by atoms with Crippen LogP contribution in [-0.4, -0.2) is 10.8 Å². The highest BCUT2D eigenvalue weighted by Crippen LogP contribution is 2.39. The van der Waals surface area contributed by atoms with Gasteiger partial charge in [-0.3, -0.25) is 0 Å². The summed E-state index contributed by atoms with van der Waals surface area (Å²) >= 11 is 8.17. The van der Waals surface area contributed by atoms with Crippen molar-refractivity contribution in [2.45, 2.75) is 55.8 Å². The lowest BCUT2D eigenvalue weighted by molar-refractivity contribution is 0.679. The first-order valence-corrected chi connectivity index (χ1v) is 7.35. The SMILES string of the molecule is CC(C)(C)Sc1c(Cl)cccc1CNC1CC1. The van der Waals surface area contributed by atoms with Crippen molar-refractivity contribution >= 4 is 23.4 Å². The van der Waals surface area contributed by atoms with Gasteiger partial charge in [-0.1, -0.05) is 44.5 Å². The van der Waals surface area contributed by atoms with Gasteiger partial charge in [0.25, 0.3) is 0 Å². The third-order valence-corrected chi connectivity index (χ3v) is 4.34. The molecule has 1 N–H and O–H groups in total. The second kappa shape index (κ2) is 5.21. The van der Waals surface area contributed by atoms with Gasteiger partial charge in [-0.2, -0.15) is 0 Å². The first-order valence-electron chi connectivity index (χ1n) is 6.15. The lowest BCUT2D eigenvalue weighted by Crippen LogP contribution is -2.16. The number of hydrogen-bond donors (Lipinski definition) is 1. The third kappa shape index (κ3) is 4.20. The second-order valence-electron chi connectivity index (χ2n) is 5.60. The molecule has 94 valence electrons. The van der Waals surface area contributed by atoms with Gasteiger partial charge >= 0.3 is 0 Å². The van der Waals surface area contributed by atoms with Gasteiger partial charge in [-0.25, -0.2) is 0 Å². The average Bonchev–Trinajstić information content (AvgIpc) is 3.01. The summed E-state index contributed by atoms with van der Waals surface area (Å²) in [5.41, 5.74) is 1.32. The Bertz CT molecular complexity index is 394. The van der Waals surface area contributed by atoms with Crippen LogP contribution in [0.5, 0.6) is 0 Å². The summed E-state index contributed by atoms with van der Waals surface area (Å²) < 4.78 is 0.194. The predicted molar refractivity (Wildman–Crippen MR) is 76.9 cm³/mol. The fourth-order valence-electron chi connectivity index (χ4n) is 1.65. The van der Waals surface area contributed by atoms with E-state index in [0.29, 0.717) is 0 Å². The summed E-state index contributed by atoms with van der Waals surface area (Å²) in [6, 6.07) is 6.94. The van der Waals surface area contributed by atoms with Crippen LogP contribution in [0.25, 0.3) is 0 Å². The molecule has 0 spiro atoms. The highest BCUT2D eigenvalue weighted by Gasteiger charge is 2.22. The molecule has 3 heteroatoms. The number of rotatable bonds is 4. The molecule has 0 amide bonds. The van der Waals surface area contributed by atoms with Crippen molar-refractivity contribution in [3.05, 3.63) is 28.8 Å². The summed E-state index contributed by atoms with van der Waals surface area (Å²) in [5, 5.41) is 4.43. The van der Waals surface area contributed by atoms with E-state index >= 15 is 0 Å². The van der Waals surface area contributed by atoms with Crippen LogP contribution in [0.3, 0.4) is 0 Å². The Morgan fingerprint density at radius 2 is 2.06 bits per heavy atom. The summed E-state index contributed by atoms with van der Waals surface area (Å²) in [5.74, 6) is 0. The quantitative estimate of drug-likeness (QED) is 0.809. The molecule has 0 bridgehead atoms. The summed E-state index contributed by atoms with van der Waals surface area (Å²) in [4.78, 5) is 1.23. The van der Waals surface area contributed by atoms with Crippen LogP contribution in [-0.2, 0) is 6.54 Å². The van der Waals surface area contributed by atoms with Crippen LogP contribution in [0, 0.1) is 0 Å². The zero-order valence-corrected chi connectivity index (χ0v) is 12.3. The maximum Gasteiger partial charge on any atom is 0.0545 e. The highest BCUT2D eigenvalue weighted by atomic mass is 35.5. The van der Waals surface area contributed by atoms with Crippen molar-refractivity contribution in [1.82, 2.24) is 5.32 Å². The number of nitrogens with one attached hydrogen (secondary N) is 1. The van der Waals surface area contributed by atoms with Gasteiger partial charge in [0, 0.05) is 22.2 Å². The maximum absolute atomic E-state index is 6.32. The molecule has 0 atom stereocenters. The molecule has 1 nitrogen and oxygen atoms in total. The van der Waals surface area contributed by atoms with E-state index in [1.807, 2.05) is 23.9 Å². The van der Waals surface area contributed by atoms with Crippen LogP contribution in [0.4, 0.5) is 0 Å². The number of halogens is 1.